The van der Waals surface area contributed by atoms with E-state index in [1.54, 1.807) is 0 Å². The van der Waals surface area contributed by atoms with Gasteiger partial charge >= 0.3 is 0 Å². The van der Waals surface area contributed by atoms with Crippen molar-refractivity contribution in [2.24, 2.45) is 0 Å². The maximum absolute atomic E-state index is 4.22. The third kappa shape index (κ3) is 4.47. The molecule has 1 heterocycles. The molecule has 0 unspecified atom stereocenters. The Morgan fingerprint density at radius 2 is 2.31 bits per heavy atom. The molecule has 1 N–H and O–H groups in total. The Hall–Kier alpha value is -0.290. The van der Waals surface area contributed by atoms with Gasteiger partial charge in [0.05, 0.1) is 0 Å². The van der Waals surface area contributed by atoms with Gasteiger partial charge in [-0.3, -0.25) is 0 Å². The molecule has 74 valence electrons. The van der Waals surface area contributed by atoms with Crippen LogP contribution in [-0.4, -0.2) is 27.9 Å². The van der Waals surface area contributed by atoms with Crippen molar-refractivity contribution >= 4 is 28.4 Å². The summed E-state index contributed by atoms with van der Waals surface area (Å²) in [5.41, 5.74) is 0. The molecule has 13 heavy (non-hydrogen) atoms. The third-order valence-electron chi connectivity index (χ3n) is 1.58. The van der Waals surface area contributed by atoms with Crippen LogP contribution < -0.4 is 5.32 Å². The SMILES string of the molecule is CSCCCCNc1nc(C)ns1. The average Bonchev–Trinajstić information content (AvgIpc) is 2.51. The fraction of sp³-hybridized carbons (Fsp3) is 0.750. The summed E-state index contributed by atoms with van der Waals surface area (Å²) in [5.74, 6) is 2.10. The number of anilines is 1. The van der Waals surface area contributed by atoms with Crippen LogP contribution in [0.3, 0.4) is 0 Å². The number of unbranched alkanes of at least 4 members (excludes halogenated alkanes) is 1. The van der Waals surface area contributed by atoms with E-state index in [1.165, 1.54) is 30.1 Å². The highest BCUT2D eigenvalue weighted by atomic mass is 32.2. The van der Waals surface area contributed by atoms with Crippen molar-refractivity contribution < 1.29 is 0 Å². The number of nitrogens with one attached hydrogen (secondary N) is 1. The van der Waals surface area contributed by atoms with Crippen molar-refractivity contribution in [1.29, 1.82) is 0 Å². The molecule has 0 saturated heterocycles. The molecule has 0 aliphatic carbocycles. The van der Waals surface area contributed by atoms with Crippen molar-refractivity contribution in [3.63, 3.8) is 0 Å². The lowest BCUT2D eigenvalue weighted by molar-refractivity contribution is 0.842. The van der Waals surface area contributed by atoms with Crippen molar-refractivity contribution in [2.45, 2.75) is 19.8 Å². The molecule has 5 heteroatoms. The van der Waals surface area contributed by atoms with E-state index in [9.17, 15) is 0 Å². The fourth-order valence-electron chi connectivity index (χ4n) is 0.936. The standard InChI is InChI=1S/C8H15N3S2/c1-7-10-8(13-11-7)9-5-3-4-6-12-2/h3-6H2,1-2H3,(H,9,10,11). The molecule has 0 aliphatic rings. The molecule has 1 aromatic heterocycles. The maximum Gasteiger partial charge on any atom is 0.202 e. The van der Waals surface area contributed by atoms with Crippen LogP contribution in [0.15, 0.2) is 0 Å². The summed E-state index contributed by atoms with van der Waals surface area (Å²) in [6.45, 7) is 2.92. The molecule has 1 rings (SSSR count). The van der Waals surface area contributed by atoms with Gasteiger partial charge in [0.25, 0.3) is 0 Å². The van der Waals surface area contributed by atoms with E-state index in [2.05, 4.69) is 20.9 Å². The molecule has 0 atom stereocenters. The van der Waals surface area contributed by atoms with Crippen molar-refractivity contribution in [3.05, 3.63) is 5.82 Å². The van der Waals surface area contributed by atoms with Crippen LogP contribution in [0, 0.1) is 6.92 Å². The van der Waals surface area contributed by atoms with E-state index >= 15 is 0 Å². The Kier molecular flexibility index (Phi) is 5.15. The average molecular weight is 217 g/mol. The second-order valence-corrected chi connectivity index (χ2v) is 4.51. The number of thioether (sulfide) groups is 1. The van der Waals surface area contributed by atoms with E-state index in [4.69, 9.17) is 0 Å². The highest BCUT2D eigenvalue weighted by molar-refractivity contribution is 7.98. The summed E-state index contributed by atoms with van der Waals surface area (Å²) in [6, 6.07) is 0. The molecule has 0 aromatic carbocycles. The first-order valence-electron chi connectivity index (χ1n) is 4.36. The highest BCUT2D eigenvalue weighted by Crippen LogP contribution is 2.10. The first kappa shape index (κ1) is 10.8. The molecule has 0 aliphatic heterocycles. The van der Waals surface area contributed by atoms with Crippen molar-refractivity contribution in [2.75, 3.05) is 23.9 Å². The number of nitrogens with zero attached hydrogens (tertiary/aromatic N) is 2. The molecule has 0 amide bonds. The van der Waals surface area contributed by atoms with Crippen LogP contribution in [0.5, 0.6) is 0 Å². The predicted molar refractivity (Wildman–Crippen MR) is 60.8 cm³/mol. The third-order valence-corrected chi connectivity index (χ3v) is 3.04. The van der Waals surface area contributed by atoms with Gasteiger partial charge < -0.3 is 5.32 Å². The molecular weight excluding hydrogens is 202 g/mol. The number of hydrogen-bond acceptors (Lipinski definition) is 5. The van der Waals surface area contributed by atoms with Gasteiger partial charge in [-0.15, -0.1) is 0 Å². The Bertz CT molecular complexity index is 237. The van der Waals surface area contributed by atoms with E-state index in [0.29, 0.717) is 0 Å². The van der Waals surface area contributed by atoms with E-state index < -0.39 is 0 Å². The molecule has 1 aromatic rings. The summed E-state index contributed by atoms with van der Waals surface area (Å²) in [7, 11) is 0. The van der Waals surface area contributed by atoms with Gasteiger partial charge in [-0.05, 0) is 31.8 Å². The molecular formula is C8H15N3S2. The van der Waals surface area contributed by atoms with E-state index in [0.717, 1.165) is 17.5 Å². The summed E-state index contributed by atoms with van der Waals surface area (Å²) >= 11 is 3.33. The lowest BCUT2D eigenvalue weighted by atomic mass is 10.3. The maximum atomic E-state index is 4.22. The molecule has 0 spiro atoms. The molecule has 0 saturated carbocycles. The minimum absolute atomic E-state index is 0.858. The topological polar surface area (TPSA) is 37.8 Å². The van der Waals surface area contributed by atoms with Crippen LogP contribution in [-0.2, 0) is 0 Å². The smallest absolute Gasteiger partial charge is 0.202 e. The number of hydrogen-bond donors (Lipinski definition) is 1. The Labute approximate surface area is 87.5 Å². The lowest BCUT2D eigenvalue weighted by Gasteiger charge is -2.00. The zero-order valence-corrected chi connectivity index (χ0v) is 9.67. The second-order valence-electron chi connectivity index (χ2n) is 2.77. The quantitative estimate of drug-likeness (QED) is 0.743. The van der Waals surface area contributed by atoms with Gasteiger partial charge in [0, 0.05) is 18.1 Å². The van der Waals surface area contributed by atoms with E-state index in [-0.39, 0.29) is 0 Å². The van der Waals surface area contributed by atoms with Crippen molar-refractivity contribution in [1.82, 2.24) is 9.36 Å². The normalized spacial score (nSPS) is 10.3. The van der Waals surface area contributed by atoms with Gasteiger partial charge in [-0.2, -0.15) is 16.1 Å². The highest BCUT2D eigenvalue weighted by Gasteiger charge is 1.97. The summed E-state index contributed by atoms with van der Waals surface area (Å²) in [4.78, 5) is 4.22. The second kappa shape index (κ2) is 6.21. The minimum Gasteiger partial charge on any atom is -0.360 e. The van der Waals surface area contributed by atoms with Crippen LogP contribution >= 0.6 is 23.3 Å². The Morgan fingerprint density at radius 3 is 2.92 bits per heavy atom. The van der Waals surface area contributed by atoms with Crippen LogP contribution in [0.25, 0.3) is 0 Å². The zero-order chi connectivity index (χ0) is 9.52. The molecule has 0 fully saturated rings. The zero-order valence-electron chi connectivity index (χ0n) is 8.04. The number of aryl methyl sites for hydroxylation is 1. The monoisotopic (exact) mass is 217 g/mol. The largest absolute Gasteiger partial charge is 0.360 e. The van der Waals surface area contributed by atoms with Crippen LogP contribution in [0.2, 0.25) is 0 Å². The van der Waals surface area contributed by atoms with Gasteiger partial charge in [0.1, 0.15) is 5.82 Å². The summed E-state index contributed by atoms with van der Waals surface area (Å²) in [5, 5.41) is 4.21. The molecule has 0 bridgehead atoms. The fourth-order valence-corrected chi connectivity index (χ4v) is 2.03. The Morgan fingerprint density at radius 1 is 1.46 bits per heavy atom. The molecule has 0 radical (unpaired) electrons. The van der Waals surface area contributed by atoms with Crippen LogP contribution in [0.4, 0.5) is 5.13 Å². The lowest BCUT2D eigenvalue weighted by Crippen LogP contribution is -2.01. The first-order valence-corrected chi connectivity index (χ1v) is 6.53. The Balaban J connectivity index is 2.06. The van der Waals surface area contributed by atoms with Crippen molar-refractivity contribution in [3.8, 4) is 0 Å². The van der Waals surface area contributed by atoms with Gasteiger partial charge in [0.15, 0.2) is 0 Å². The van der Waals surface area contributed by atoms with Crippen LogP contribution in [0.1, 0.15) is 18.7 Å². The number of rotatable bonds is 6. The summed E-state index contributed by atoms with van der Waals surface area (Å²) < 4.78 is 4.10. The number of aromatic nitrogens is 2. The molecule has 3 nitrogen and oxygen atoms in total. The summed E-state index contributed by atoms with van der Waals surface area (Å²) in [6.07, 6.45) is 4.62. The predicted octanol–water partition coefficient (Wildman–Crippen LogP) is 2.40. The van der Waals surface area contributed by atoms with E-state index in [1.807, 2.05) is 18.7 Å². The first-order chi connectivity index (χ1) is 6.33. The van der Waals surface area contributed by atoms with Gasteiger partial charge in [-0.25, -0.2) is 4.98 Å². The van der Waals surface area contributed by atoms with Gasteiger partial charge in [-0.1, -0.05) is 0 Å². The minimum atomic E-state index is 0.858. The van der Waals surface area contributed by atoms with Gasteiger partial charge in [0.2, 0.25) is 5.13 Å².